The molecule has 3 N–H and O–H groups in total. The van der Waals surface area contributed by atoms with Crippen LogP contribution in [0.4, 0.5) is 11.4 Å². The van der Waals surface area contributed by atoms with Gasteiger partial charge in [-0.05, 0) is 111 Å². The van der Waals surface area contributed by atoms with Crippen molar-refractivity contribution in [1.82, 2.24) is 15.0 Å². The van der Waals surface area contributed by atoms with E-state index in [1.165, 1.54) is 25.5 Å². The summed E-state index contributed by atoms with van der Waals surface area (Å²) in [5.74, 6) is 2.96. The molecule has 0 aliphatic heterocycles. The first-order chi connectivity index (χ1) is 18.0. The molecular weight excluding hydrogens is 462 g/mol. The van der Waals surface area contributed by atoms with Crippen molar-refractivity contribution in [1.29, 1.82) is 0 Å². The second-order valence-corrected chi connectivity index (χ2v) is 11.2. The Morgan fingerprint density at radius 3 is 2.24 bits per heavy atom. The summed E-state index contributed by atoms with van der Waals surface area (Å²) in [4.78, 5) is 37.9. The number of hydrogen-bond donors (Lipinski definition) is 3. The number of pyridine rings is 1. The largest absolute Gasteiger partial charge is 0.338 e. The van der Waals surface area contributed by atoms with Gasteiger partial charge in [-0.15, -0.1) is 0 Å². The number of amides is 2. The zero-order chi connectivity index (χ0) is 25.0. The minimum Gasteiger partial charge on any atom is -0.338 e. The monoisotopic (exact) mass is 491 g/mol. The van der Waals surface area contributed by atoms with Crippen LogP contribution >= 0.6 is 0 Å². The molecule has 0 radical (unpaired) electrons. The van der Waals surface area contributed by atoms with E-state index in [1.54, 1.807) is 18.3 Å². The minimum atomic E-state index is -0.201. The number of nitrogens with zero attached hydrogens (tertiary/aromatic N) is 2. The van der Waals surface area contributed by atoms with Gasteiger partial charge >= 0.3 is 0 Å². The molecule has 4 aromatic rings. The van der Waals surface area contributed by atoms with Gasteiger partial charge in [-0.25, -0.2) is 4.98 Å². The molecule has 0 atom stereocenters. The van der Waals surface area contributed by atoms with Gasteiger partial charge < -0.3 is 15.6 Å². The van der Waals surface area contributed by atoms with Crippen molar-refractivity contribution in [3.05, 3.63) is 72.6 Å². The summed E-state index contributed by atoms with van der Waals surface area (Å²) in [6, 6.07) is 16.9. The van der Waals surface area contributed by atoms with Crippen LogP contribution in [0.2, 0.25) is 0 Å². The van der Waals surface area contributed by atoms with E-state index < -0.39 is 0 Å². The lowest BCUT2D eigenvalue weighted by molar-refractivity contribution is -0.140. The highest BCUT2D eigenvalue weighted by molar-refractivity contribution is 6.04. The molecule has 4 aliphatic carbocycles. The normalized spacial score (nSPS) is 25.8. The first-order valence-corrected chi connectivity index (χ1v) is 13.2. The molecule has 0 spiro atoms. The second-order valence-electron chi connectivity index (χ2n) is 11.2. The molecule has 2 heterocycles. The zero-order valence-corrected chi connectivity index (χ0v) is 20.5. The number of carbonyl (C=O) groups is 2. The number of aromatic nitrogens is 3. The van der Waals surface area contributed by atoms with Crippen molar-refractivity contribution >= 4 is 34.2 Å². The van der Waals surface area contributed by atoms with Crippen LogP contribution < -0.4 is 10.6 Å². The number of rotatable bonds is 5. The lowest BCUT2D eigenvalue weighted by Crippen LogP contribution is -2.51. The lowest BCUT2D eigenvalue weighted by atomic mass is 9.49. The zero-order valence-electron chi connectivity index (χ0n) is 20.5. The SMILES string of the molecule is O=C(Nc1ccc(-c2nc3ccc(NC(=O)C45CC6CC(CC(C6)C4)C5)cc3[nH]2)cc1)c1cccnc1. The molecule has 2 aromatic heterocycles. The molecule has 4 aliphatic rings. The molecule has 0 unspecified atom stereocenters. The number of benzene rings is 2. The standard InChI is InChI=1S/C30H29N5O2/c36-28(22-2-1-9-31-17-22)32-23-5-3-21(4-6-23)27-34-25-8-7-24(13-26(25)35-27)33-29(37)30-14-18-10-19(15-30)12-20(11-18)16-30/h1-9,13,17-20H,10-12,14-16H2,(H,32,36)(H,33,37)(H,34,35). The van der Waals surface area contributed by atoms with E-state index in [-0.39, 0.29) is 17.2 Å². The summed E-state index contributed by atoms with van der Waals surface area (Å²) in [5, 5.41) is 6.13. The minimum absolute atomic E-state index is 0.170. The lowest BCUT2D eigenvalue weighted by Gasteiger charge is -2.55. The van der Waals surface area contributed by atoms with Gasteiger partial charge in [-0.2, -0.15) is 0 Å². The van der Waals surface area contributed by atoms with Crippen molar-refractivity contribution in [2.24, 2.45) is 23.2 Å². The highest BCUT2D eigenvalue weighted by Gasteiger charge is 2.54. The smallest absolute Gasteiger partial charge is 0.257 e. The van der Waals surface area contributed by atoms with Crippen molar-refractivity contribution < 1.29 is 9.59 Å². The van der Waals surface area contributed by atoms with Crippen molar-refractivity contribution in [2.75, 3.05) is 10.6 Å². The first-order valence-electron chi connectivity index (χ1n) is 13.2. The topological polar surface area (TPSA) is 99.8 Å². The van der Waals surface area contributed by atoms with Gasteiger partial charge in [0.05, 0.1) is 22.0 Å². The van der Waals surface area contributed by atoms with Crippen LogP contribution in [0.25, 0.3) is 22.4 Å². The van der Waals surface area contributed by atoms with Crippen molar-refractivity contribution in [3.63, 3.8) is 0 Å². The maximum atomic E-state index is 13.5. The summed E-state index contributed by atoms with van der Waals surface area (Å²) < 4.78 is 0. The Labute approximate surface area is 215 Å². The molecule has 4 saturated carbocycles. The summed E-state index contributed by atoms with van der Waals surface area (Å²) in [5.41, 5.74) is 4.49. The summed E-state index contributed by atoms with van der Waals surface area (Å²) >= 11 is 0. The van der Waals surface area contributed by atoms with Crippen LogP contribution in [-0.4, -0.2) is 26.8 Å². The average molecular weight is 492 g/mol. The Balaban J connectivity index is 1.06. The second kappa shape index (κ2) is 8.54. The molecule has 0 saturated heterocycles. The number of fused-ring (bicyclic) bond motifs is 1. The summed E-state index contributed by atoms with van der Waals surface area (Å²) in [6.07, 6.45) is 10.3. The van der Waals surface area contributed by atoms with E-state index in [0.717, 1.165) is 65.1 Å². The fourth-order valence-corrected chi connectivity index (χ4v) is 7.29. The number of hydrogen-bond acceptors (Lipinski definition) is 4. The van der Waals surface area contributed by atoms with Gasteiger partial charge in [0.1, 0.15) is 5.82 Å². The Morgan fingerprint density at radius 2 is 1.57 bits per heavy atom. The Hall–Kier alpha value is -4.00. The van der Waals surface area contributed by atoms with Crippen LogP contribution in [0.1, 0.15) is 48.9 Å². The molecule has 4 bridgehead atoms. The number of H-pyrrole nitrogens is 1. The summed E-state index contributed by atoms with van der Waals surface area (Å²) in [7, 11) is 0. The molecule has 4 fully saturated rings. The van der Waals surface area contributed by atoms with Crippen LogP contribution in [0.5, 0.6) is 0 Å². The molecule has 37 heavy (non-hydrogen) atoms. The van der Waals surface area contributed by atoms with E-state index in [4.69, 9.17) is 4.98 Å². The summed E-state index contributed by atoms with van der Waals surface area (Å²) in [6.45, 7) is 0. The fraction of sp³-hybridized carbons (Fsp3) is 0.333. The number of imidazole rings is 1. The number of aromatic amines is 1. The predicted octanol–water partition coefficient (Wildman–Crippen LogP) is 6.03. The Morgan fingerprint density at radius 1 is 0.865 bits per heavy atom. The Bertz CT molecular complexity index is 1460. The third-order valence-electron chi connectivity index (χ3n) is 8.60. The van der Waals surface area contributed by atoms with Crippen LogP contribution in [-0.2, 0) is 4.79 Å². The van der Waals surface area contributed by atoms with Gasteiger partial charge in [-0.1, -0.05) is 0 Å². The van der Waals surface area contributed by atoms with Crippen molar-refractivity contribution in [3.8, 4) is 11.4 Å². The van der Waals surface area contributed by atoms with E-state index >= 15 is 0 Å². The molecule has 2 aromatic carbocycles. The van der Waals surface area contributed by atoms with Gasteiger partial charge in [0.2, 0.25) is 5.91 Å². The molecule has 7 nitrogen and oxygen atoms in total. The number of carbonyl (C=O) groups excluding carboxylic acids is 2. The maximum absolute atomic E-state index is 13.5. The highest BCUT2D eigenvalue weighted by Crippen LogP contribution is 2.60. The van der Waals surface area contributed by atoms with E-state index in [0.29, 0.717) is 11.3 Å². The van der Waals surface area contributed by atoms with Gasteiger partial charge in [0.15, 0.2) is 0 Å². The Kier molecular flexibility index (Phi) is 5.13. The molecular formula is C30H29N5O2. The van der Waals surface area contributed by atoms with Gasteiger partial charge in [0.25, 0.3) is 5.91 Å². The maximum Gasteiger partial charge on any atom is 0.257 e. The first kappa shape index (κ1) is 22.2. The van der Waals surface area contributed by atoms with E-state index in [9.17, 15) is 9.59 Å². The van der Waals surface area contributed by atoms with Gasteiger partial charge in [-0.3, -0.25) is 14.6 Å². The van der Waals surface area contributed by atoms with Crippen LogP contribution in [0.3, 0.4) is 0 Å². The predicted molar refractivity (Wildman–Crippen MR) is 143 cm³/mol. The third kappa shape index (κ3) is 4.08. The van der Waals surface area contributed by atoms with Gasteiger partial charge in [0, 0.05) is 29.3 Å². The third-order valence-corrected chi connectivity index (χ3v) is 8.60. The quantitative estimate of drug-likeness (QED) is 0.317. The number of nitrogens with one attached hydrogen (secondary N) is 3. The fourth-order valence-electron chi connectivity index (χ4n) is 7.29. The van der Waals surface area contributed by atoms with Crippen molar-refractivity contribution in [2.45, 2.75) is 38.5 Å². The van der Waals surface area contributed by atoms with Crippen LogP contribution in [0, 0.1) is 23.2 Å². The molecule has 8 rings (SSSR count). The average Bonchev–Trinajstić information content (AvgIpc) is 3.32. The highest BCUT2D eigenvalue weighted by atomic mass is 16.2. The molecule has 186 valence electrons. The van der Waals surface area contributed by atoms with Crippen LogP contribution in [0.15, 0.2) is 67.0 Å². The van der Waals surface area contributed by atoms with E-state index in [2.05, 4.69) is 20.6 Å². The van der Waals surface area contributed by atoms with E-state index in [1.807, 2.05) is 42.5 Å². The molecule has 2 amide bonds. The molecule has 7 heteroatoms. The number of anilines is 2.